The molecule has 0 fully saturated rings. The molecule has 1 aromatic carbocycles. The lowest BCUT2D eigenvalue weighted by Gasteiger charge is -2.08. The zero-order valence-electron chi connectivity index (χ0n) is 15.0. The smallest absolute Gasteiger partial charge is 0.265 e. The fourth-order valence-electron chi connectivity index (χ4n) is 2.47. The maximum absolute atomic E-state index is 12.4. The molecule has 0 spiro atoms. The highest BCUT2D eigenvalue weighted by molar-refractivity contribution is 7.12. The van der Waals surface area contributed by atoms with Crippen molar-refractivity contribution in [3.05, 3.63) is 69.7 Å². The highest BCUT2D eigenvalue weighted by atomic mass is 32.1. The number of amides is 1. The Morgan fingerprint density at radius 2 is 2.19 bits per heavy atom. The zero-order valence-corrected chi connectivity index (χ0v) is 15.8. The summed E-state index contributed by atoms with van der Waals surface area (Å²) in [7, 11) is 1.84. The summed E-state index contributed by atoms with van der Waals surface area (Å²) >= 11 is 1.41. The number of carbonyl (C=O) groups excluding carboxylic acids is 1. The van der Waals surface area contributed by atoms with Gasteiger partial charge >= 0.3 is 0 Å². The molecular weight excluding hydrogens is 346 g/mol. The van der Waals surface area contributed by atoms with Gasteiger partial charge in [0.15, 0.2) is 0 Å². The van der Waals surface area contributed by atoms with Gasteiger partial charge in [0.05, 0.1) is 22.5 Å². The molecule has 3 rings (SSSR count). The number of thiophene rings is 1. The molecule has 0 unspecified atom stereocenters. The lowest BCUT2D eigenvalue weighted by atomic mass is 10.2. The van der Waals surface area contributed by atoms with Crippen molar-refractivity contribution in [3.63, 3.8) is 0 Å². The summed E-state index contributed by atoms with van der Waals surface area (Å²) in [6.45, 7) is 4.31. The van der Waals surface area contributed by atoms with E-state index >= 15 is 0 Å². The Labute approximate surface area is 156 Å². The third-order valence-corrected chi connectivity index (χ3v) is 5.00. The third kappa shape index (κ3) is 4.03. The molecule has 1 N–H and O–H groups in total. The average molecular weight is 367 g/mol. The molecule has 0 saturated heterocycles. The zero-order chi connectivity index (χ0) is 18.5. The molecule has 5 nitrogen and oxygen atoms in total. The molecule has 0 aliphatic heterocycles. The quantitative estimate of drug-likeness (QED) is 0.690. The second kappa shape index (κ2) is 8.01. The Kier molecular flexibility index (Phi) is 5.53. The van der Waals surface area contributed by atoms with Crippen molar-refractivity contribution in [2.24, 2.45) is 7.05 Å². The summed E-state index contributed by atoms with van der Waals surface area (Å²) < 4.78 is 7.65. The van der Waals surface area contributed by atoms with Gasteiger partial charge in [-0.3, -0.25) is 9.48 Å². The van der Waals surface area contributed by atoms with Crippen molar-refractivity contribution < 1.29 is 9.53 Å². The molecule has 0 saturated carbocycles. The Balaban J connectivity index is 1.65. The van der Waals surface area contributed by atoms with E-state index in [-0.39, 0.29) is 5.91 Å². The predicted octanol–water partition coefficient (Wildman–Crippen LogP) is 4.65. The van der Waals surface area contributed by atoms with Gasteiger partial charge in [0.25, 0.3) is 5.91 Å². The highest BCUT2D eigenvalue weighted by Crippen LogP contribution is 2.23. The highest BCUT2D eigenvalue weighted by Gasteiger charge is 2.13. The van der Waals surface area contributed by atoms with Crippen LogP contribution in [0.25, 0.3) is 6.08 Å². The number of para-hydroxylation sites is 1. The number of benzene rings is 1. The van der Waals surface area contributed by atoms with E-state index in [0.717, 1.165) is 28.3 Å². The monoisotopic (exact) mass is 367 g/mol. The van der Waals surface area contributed by atoms with Gasteiger partial charge in [-0.2, -0.15) is 5.10 Å². The molecule has 0 aliphatic carbocycles. The second-order valence-corrected chi connectivity index (χ2v) is 6.78. The third-order valence-electron chi connectivity index (χ3n) is 4.02. The van der Waals surface area contributed by atoms with Crippen LogP contribution in [-0.2, 0) is 13.7 Å². The lowest BCUT2D eigenvalue weighted by molar-refractivity contribution is 0.103. The van der Waals surface area contributed by atoms with Gasteiger partial charge in [-0.15, -0.1) is 11.3 Å². The van der Waals surface area contributed by atoms with Gasteiger partial charge in [0.1, 0.15) is 12.4 Å². The number of aryl methyl sites for hydroxylation is 1. The minimum atomic E-state index is -0.133. The number of hydrogen-bond acceptors (Lipinski definition) is 4. The molecule has 0 radical (unpaired) electrons. The van der Waals surface area contributed by atoms with Crippen LogP contribution in [0.15, 0.2) is 48.0 Å². The van der Waals surface area contributed by atoms with Crippen LogP contribution in [0.2, 0.25) is 0 Å². The number of rotatable bonds is 6. The first kappa shape index (κ1) is 17.9. The summed E-state index contributed by atoms with van der Waals surface area (Å²) in [6.07, 6.45) is 5.65. The van der Waals surface area contributed by atoms with E-state index in [0.29, 0.717) is 11.5 Å². The Morgan fingerprint density at radius 1 is 1.38 bits per heavy atom. The van der Waals surface area contributed by atoms with E-state index in [1.165, 1.54) is 11.3 Å². The number of aromatic nitrogens is 2. The average Bonchev–Trinajstić information content (AvgIpc) is 3.24. The van der Waals surface area contributed by atoms with Gasteiger partial charge in [-0.25, -0.2) is 0 Å². The minimum Gasteiger partial charge on any atom is -0.488 e. The van der Waals surface area contributed by atoms with Crippen LogP contribution in [0.5, 0.6) is 5.75 Å². The van der Waals surface area contributed by atoms with Crippen molar-refractivity contribution in [2.45, 2.75) is 20.5 Å². The summed E-state index contributed by atoms with van der Waals surface area (Å²) in [6, 6.07) is 9.75. The molecule has 3 aromatic rings. The van der Waals surface area contributed by atoms with E-state index in [1.807, 2.05) is 68.8 Å². The minimum absolute atomic E-state index is 0.133. The van der Waals surface area contributed by atoms with Crippen molar-refractivity contribution >= 4 is 29.0 Å². The van der Waals surface area contributed by atoms with Crippen LogP contribution in [0, 0.1) is 6.92 Å². The number of carbonyl (C=O) groups is 1. The number of nitrogens with zero attached hydrogens (tertiary/aromatic N) is 2. The fourth-order valence-corrected chi connectivity index (χ4v) is 3.26. The number of ether oxygens (including phenoxy) is 1. The van der Waals surface area contributed by atoms with Crippen molar-refractivity contribution in [1.29, 1.82) is 0 Å². The van der Waals surface area contributed by atoms with Gasteiger partial charge in [-0.05, 0) is 31.4 Å². The van der Waals surface area contributed by atoms with E-state index in [2.05, 4.69) is 10.4 Å². The molecule has 2 aromatic heterocycles. The van der Waals surface area contributed by atoms with Crippen LogP contribution in [0.1, 0.15) is 33.4 Å². The van der Waals surface area contributed by atoms with Crippen molar-refractivity contribution in [1.82, 2.24) is 9.78 Å². The molecular formula is C20H21N3O2S. The van der Waals surface area contributed by atoms with Gasteiger partial charge in [-0.1, -0.05) is 30.4 Å². The first-order valence-corrected chi connectivity index (χ1v) is 9.18. The normalized spacial score (nSPS) is 11.0. The number of hydrogen-bond donors (Lipinski definition) is 1. The number of nitrogens with one attached hydrogen (secondary N) is 1. The molecule has 0 atom stereocenters. The van der Waals surface area contributed by atoms with E-state index in [4.69, 9.17) is 4.74 Å². The lowest BCUT2D eigenvalue weighted by Crippen LogP contribution is -2.11. The topological polar surface area (TPSA) is 56.1 Å². The predicted molar refractivity (Wildman–Crippen MR) is 106 cm³/mol. The van der Waals surface area contributed by atoms with E-state index < -0.39 is 0 Å². The SMILES string of the molecule is C/C=C/c1ccccc1OCc1csc(C(=O)Nc2cnn(C)c2C)c1. The van der Waals surface area contributed by atoms with Crippen molar-refractivity contribution in [3.8, 4) is 5.75 Å². The van der Waals surface area contributed by atoms with Crippen LogP contribution < -0.4 is 10.1 Å². The molecule has 1 amide bonds. The number of allylic oxidation sites excluding steroid dienone is 1. The Bertz CT molecular complexity index is 940. The standard InChI is InChI=1S/C20H21N3O2S/c1-4-7-16-8-5-6-9-18(16)25-12-15-10-19(26-13-15)20(24)22-17-11-21-23(3)14(17)2/h4-11,13H,12H2,1-3H3,(H,22,24)/b7-4+. The molecule has 6 heteroatoms. The summed E-state index contributed by atoms with van der Waals surface area (Å²) in [5.74, 6) is 0.695. The van der Waals surface area contributed by atoms with Crippen LogP contribution in [0.4, 0.5) is 5.69 Å². The molecule has 26 heavy (non-hydrogen) atoms. The maximum atomic E-state index is 12.4. The van der Waals surface area contributed by atoms with Crippen LogP contribution in [-0.4, -0.2) is 15.7 Å². The molecule has 0 aliphatic rings. The molecule has 134 valence electrons. The largest absolute Gasteiger partial charge is 0.488 e. The van der Waals surface area contributed by atoms with Crippen LogP contribution >= 0.6 is 11.3 Å². The van der Waals surface area contributed by atoms with Gasteiger partial charge < -0.3 is 10.1 Å². The van der Waals surface area contributed by atoms with E-state index in [9.17, 15) is 4.79 Å². The maximum Gasteiger partial charge on any atom is 0.265 e. The first-order chi connectivity index (χ1) is 12.6. The Morgan fingerprint density at radius 3 is 2.92 bits per heavy atom. The summed E-state index contributed by atoms with van der Waals surface area (Å²) in [4.78, 5) is 13.1. The first-order valence-electron chi connectivity index (χ1n) is 8.30. The second-order valence-electron chi connectivity index (χ2n) is 5.87. The van der Waals surface area contributed by atoms with Gasteiger partial charge in [0, 0.05) is 18.2 Å². The van der Waals surface area contributed by atoms with Crippen molar-refractivity contribution in [2.75, 3.05) is 5.32 Å². The molecule has 0 bridgehead atoms. The van der Waals surface area contributed by atoms with Crippen LogP contribution in [0.3, 0.4) is 0 Å². The number of anilines is 1. The van der Waals surface area contributed by atoms with E-state index in [1.54, 1.807) is 10.9 Å². The van der Waals surface area contributed by atoms with Gasteiger partial charge in [0.2, 0.25) is 0 Å². The fraction of sp³-hybridized carbons (Fsp3) is 0.200. The summed E-state index contributed by atoms with van der Waals surface area (Å²) in [5, 5.41) is 8.98. The molecule has 2 heterocycles. The summed E-state index contributed by atoms with van der Waals surface area (Å²) in [5.41, 5.74) is 3.65. The Hall–Kier alpha value is -2.86.